The maximum Gasteiger partial charge on any atom is 0.511 e. The molecule has 0 aromatic heterocycles. The van der Waals surface area contributed by atoms with Gasteiger partial charge in [0, 0.05) is 10.9 Å². The molecule has 0 bridgehead atoms. The van der Waals surface area contributed by atoms with Gasteiger partial charge in [-0.3, -0.25) is 0 Å². The van der Waals surface area contributed by atoms with Crippen LogP contribution < -0.4 is 4.74 Å². The van der Waals surface area contributed by atoms with E-state index in [-0.39, 0.29) is 11.5 Å². The molecule has 4 nitrogen and oxygen atoms in total. The van der Waals surface area contributed by atoms with Crippen molar-refractivity contribution in [3.63, 3.8) is 0 Å². The first-order valence-electron chi connectivity index (χ1n) is 5.90. The number of phenols is 1. The van der Waals surface area contributed by atoms with Crippen molar-refractivity contribution in [2.75, 3.05) is 5.33 Å². The fourth-order valence-corrected chi connectivity index (χ4v) is 2.27. The lowest BCUT2D eigenvalue weighted by Crippen LogP contribution is -2.05. The van der Waals surface area contributed by atoms with Crippen LogP contribution in [0.15, 0.2) is 12.1 Å². The molecule has 18 heavy (non-hydrogen) atoms. The van der Waals surface area contributed by atoms with Crippen LogP contribution >= 0.6 is 15.9 Å². The van der Waals surface area contributed by atoms with Gasteiger partial charge >= 0.3 is 6.16 Å². The van der Waals surface area contributed by atoms with Gasteiger partial charge in [-0.2, -0.15) is 0 Å². The third kappa shape index (κ3) is 3.91. The third-order valence-electron chi connectivity index (χ3n) is 2.72. The zero-order valence-electron chi connectivity index (χ0n) is 10.3. The molecule has 5 heteroatoms. The number of phenolic OH excluding ortho intramolecular Hbond substituents is 1. The monoisotopic (exact) mass is 316 g/mol. The first kappa shape index (κ1) is 14.8. The quantitative estimate of drug-likeness (QED) is 0.363. The number of unbranched alkanes of at least 4 members (excludes halogenated alkanes) is 1. The zero-order valence-corrected chi connectivity index (χ0v) is 11.9. The Hall–Kier alpha value is -1.23. The van der Waals surface area contributed by atoms with Crippen molar-refractivity contribution >= 4 is 22.1 Å². The second-order valence-corrected chi connectivity index (χ2v) is 4.71. The highest BCUT2D eigenvalue weighted by molar-refractivity contribution is 9.09. The summed E-state index contributed by atoms with van der Waals surface area (Å²) in [6.45, 7) is 1.92. The molecule has 0 aliphatic carbocycles. The summed E-state index contributed by atoms with van der Waals surface area (Å²) in [5, 5.41) is 19.5. The molecule has 0 saturated heterocycles. The van der Waals surface area contributed by atoms with E-state index in [2.05, 4.69) is 20.7 Å². The maximum atomic E-state index is 10.5. The van der Waals surface area contributed by atoms with Crippen LogP contribution in [-0.2, 0) is 12.8 Å². The summed E-state index contributed by atoms with van der Waals surface area (Å²) >= 11 is 3.38. The van der Waals surface area contributed by atoms with Gasteiger partial charge in [-0.15, -0.1) is 0 Å². The molecular formula is C13H17BrO4. The highest BCUT2D eigenvalue weighted by Crippen LogP contribution is 2.33. The lowest BCUT2D eigenvalue weighted by Gasteiger charge is -2.12. The molecule has 0 unspecified atom stereocenters. The van der Waals surface area contributed by atoms with E-state index in [4.69, 9.17) is 5.11 Å². The summed E-state index contributed by atoms with van der Waals surface area (Å²) in [5.41, 5.74) is 1.82. The van der Waals surface area contributed by atoms with Gasteiger partial charge in [0.05, 0.1) is 0 Å². The van der Waals surface area contributed by atoms with Crippen LogP contribution in [0.1, 0.15) is 30.9 Å². The Labute approximate surface area is 115 Å². The minimum absolute atomic E-state index is 0.00333. The highest BCUT2D eigenvalue weighted by Gasteiger charge is 2.14. The number of rotatable bonds is 6. The van der Waals surface area contributed by atoms with E-state index < -0.39 is 6.16 Å². The van der Waals surface area contributed by atoms with E-state index in [0.29, 0.717) is 6.42 Å². The average molecular weight is 317 g/mol. The van der Waals surface area contributed by atoms with Gasteiger partial charge in [0.2, 0.25) is 0 Å². The first-order chi connectivity index (χ1) is 8.60. The van der Waals surface area contributed by atoms with Crippen molar-refractivity contribution in [1.29, 1.82) is 0 Å². The van der Waals surface area contributed by atoms with E-state index in [0.717, 1.165) is 35.7 Å². The molecule has 0 spiro atoms. The van der Waals surface area contributed by atoms with Gasteiger partial charge in [-0.1, -0.05) is 28.9 Å². The molecule has 0 amide bonds. The van der Waals surface area contributed by atoms with Crippen molar-refractivity contribution in [2.45, 2.75) is 32.6 Å². The lowest BCUT2D eigenvalue weighted by atomic mass is 9.99. The third-order valence-corrected chi connectivity index (χ3v) is 3.28. The van der Waals surface area contributed by atoms with Gasteiger partial charge in [0.25, 0.3) is 0 Å². The van der Waals surface area contributed by atoms with Crippen molar-refractivity contribution in [2.24, 2.45) is 0 Å². The number of hydrogen-bond acceptors (Lipinski definition) is 3. The second-order valence-electron chi connectivity index (χ2n) is 3.92. The molecule has 0 aliphatic rings. The topological polar surface area (TPSA) is 66.8 Å². The number of aryl methyl sites for hydroxylation is 1. The molecule has 0 atom stereocenters. The normalized spacial score (nSPS) is 10.3. The van der Waals surface area contributed by atoms with Gasteiger partial charge in [0.1, 0.15) is 0 Å². The number of ether oxygens (including phenoxy) is 1. The first-order valence-corrected chi connectivity index (χ1v) is 7.02. The summed E-state index contributed by atoms with van der Waals surface area (Å²) in [6, 6.07) is 3.33. The Bertz CT molecular complexity index is 418. The predicted octanol–water partition coefficient (Wildman–Crippen LogP) is 3.73. The number of halogens is 1. The summed E-state index contributed by atoms with van der Waals surface area (Å²) in [6.07, 6.45) is 2.19. The number of alkyl halides is 1. The molecule has 2 N–H and O–H groups in total. The molecule has 0 heterocycles. The Morgan fingerprint density at radius 3 is 2.67 bits per heavy atom. The van der Waals surface area contributed by atoms with E-state index in [9.17, 15) is 9.90 Å². The summed E-state index contributed by atoms with van der Waals surface area (Å²) in [7, 11) is 0. The van der Waals surface area contributed by atoms with Crippen LogP contribution in [0, 0.1) is 0 Å². The number of carbonyl (C=O) groups is 1. The zero-order chi connectivity index (χ0) is 13.5. The molecule has 0 saturated carbocycles. The smallest absolute Gasteiger partial charge is 0.504 e. The second kappa shape index (κ2) is 7.26. The number of aromatic hydroxyl groups is 1. The van der Waals surface area contributed by atoms with Crippen molar-refractivity contribution < 1.29 is 19.7 Å². The van der Waals surface area contributed by atoms with Gasteiger partial charge in [-0.05, 0) is 37.3 Å². The fourth-order valence-electron chi connectivity index (χ4n) is 1.87. The van der Waals surface area contributed by atoms with Gasteiger partial charge in [-0.25, -0.2) is 4.79 Å². The Morgan fingerprint density at radius 2 is 2.11 bits per heavy atom. The summed E-state index contributed by atoms with van der Waals surface area (Å²) in [4.78, 5) is 10.5. The summed E-state index contributed by atoms with van der Waals surface area (Å²) in [5.74, 6) is -0.0557. The molecule has 1 aromatic rings. The van der Waals surface area contributed by atoms with E-state index in [1.54, 1.807) is 0 Å². The van der Waals surface area contributed by atoms with Crippen LogP contribution in [0.3, 0.4) is 0 Å². The van der Waals surface area contributed by atoms with Crippen molar-refractivity contribution in [1.82, 2.24) is 0 Å². The Morgan fingerprint density at radius 1 is 1.39 bits per heavy atom. The van der Waals surface area contributed by atoms with E-state index in [1.807, 2.05) is 13.0 Å². The molecule has 100 valence electrons. The molecule has 0 radical (unpaired) electrons. The average Bonchev–Trinajstić information content (AvgIpc) is 2.32. The Kier molecular flexibility index (Phi) is 5.98. The minimum atomic E-state index is -1.42. The van der Waals surface area contributed by atoms with Gasteiger partial charge in [0.15, 0.2) is 11.5 Å². The molecule has 1 aromatic carbocycles. The molecule has 0 fully saturated rings. The van der Waals surface area contributed by atoms with Crippen LogP contribution in [0.5, 0.6) is 11.5 Å². The minimum Gasteiger partial charge on any atom is -0.504 e. The van der Waals surface area contributed by atoms with Crippen LogP contribution in [-0.4, -0.2) is 21.7 Å². The predicted molar refractivity (Wildman–Crippen MR) is 72.9 cm³/mol. The fraction of sp³-hybridized carbons (Fsp3) is 0.462. The van der Waals surface area contributed by atoms with Crippen LogP contribution in [0.4, 0.5) is 4.79 Å². The van der Waals surface area contributed by atoms with Crippen molar-refractivity contribution in [3.8, 4) is 11.5 Å². The number of benzene rings is 1. The largest absolute Gasteiger partial charge is 0.511 e. The molecule has 0 aliphatic heterocycles. The number of hydrogen-bond donors (Lipinski definition) is 2. The van der Waals surface area contributed by atoms with Crippen molar-refractivity contribution in [3.05, 3.63) is 23.3 Å². The lowest BCUT2D eigenvalue weighted by molar-refractivity contribution is 0.143. The highest BCUT2D eigenvalue weighted by atomic mass is 79.9. The number of carboxylic acid groups (broad SMARTS) is 1. The molecular weight excluding hydrogens is 300 g/mol. The van der Waals surface area contributed by atoms with Gasteiger partial charge < -0.3 is 14.9 Å². The SMILES string of the molecule is CCc1c(CCCCBr)ccc(OC(=O)O)c1O. The standard InChI is InChI=1S/C13H17BrO4/c1-2-10-9(5-3-4-8-14)6-7-11(12(10)15)18-13(16)17/h6-7,15H,2-5,8H2,1H3,(H,16,17). The van der Waals surface area contributed by atoms with E-state index in [1.165, 1.54) is 6.07 Å². The summed E-state index contributed by atoms with van der Waals surface area (Å²) < 4.78 is 4.53. The molecule has 1 rings (SSSR count). The maximum absolute atomic E-state index is 10.5. The Balaban J connectivity index is 2.93. The van der Waals surface area contributed by atoms with Crippen LogP contribution in [0.2, 0.25) is 0 Å². The van der Waals surface area contributed by atoms with Crippen LogP contribution in [0.25, 0.3) is 0 Å². The van der Waals surface area contributed by atoms with E-state index >= 15 is 0 Å².